The molecule has 0 saturated heterocycles. The molecule has 1 aliphatic heterocycles. The van der Waals surface area contributed by atoms with E-state index in [9.17, 15) is 18.8 Å². The van der Waals surface area contributed by atoms with Crippen molar-refractivity contribution < 1.29 is 18.8 Å². The van der Waals surface area contributed by atoms with E-state index in [1.807, 2.05) is 66.7 Å². The van der Waals surface area contributed by atoms with Crippen molar-refractivity contribution in [2.24, 2.45) is 0 Å². The van der Waals surface area contributed by atoms with E-state index in [4.69, 9.17) is 0 Å². The van der Waals surface area contributed by atoms with Gasteiger partial charge in [-0.15, -0.1) is 0 Å². The number of nitrogens with one attached hydrogen (secondary N) is 1. The van der Waals surface area contributed by atoms with Gasteiger partial charge in [-0.2, -0.15) is 0 Å². The monoisotopic (exact) mass is 565 g/mol. The standard InChI is InChI=1S/C35H36FN3O3/c1-2-3-21-37-34(41)31(23-25-10-5-4-6-11-25)39(24-26-17-19-28(36)20-18-26)32(40)16-9-22-38-30-15-8-13-27-12-7-14-29(33(27)30)35(38)42/h4-8,10-15,17-20,31H,2-3,9,16,21-24H2,1H3,(H,37,41). The summed E-state index contributed by atoms with van der Waals surface area (Å²) in [7, 11) is 0. The molecular formula is C35H36FN3O3. The number of amides is 3. The molecule has 1 aliphatic rings. The Morgan fingerprint density at radius 2 is 1.62 bits per heavy atom. The van der Waals surface area contributed by atoms with Crippen molar-refractivity contribution in [1.29, 1.82) is 0 Å². The number of rotatable bonds is 13. The molecule has 1 atom stereocenters. The van der Waals surface area contributed by atoms with Gasteiger partial charge in [0, 0.05) is 43.4 Å². The van der Waals surface area contributed by atoms with Crippen molar-refractivity contribution >= 4 is 34.2 Å². The van der Waals surface area contributed by atoms with Crippen molar-refractivity contribution in [2.75, 3.05) is 18.0 Å². The number of hydrogen-bond acceptors (Lipinski definition) is 3. The molecule has 0 saturated carbocycles. The van der Waals surface area contributed by atoms with Gasteiger partial charge < -0.3 is 15.1 Å². The van der Waals surface area contributed by atoms with Gasteiger partial charge >= 0.3 is 0 Å². The van der Waals surface area contributed by atoms with Crippen LogP contribution >= 0.6 is 0 Å². The predicted octanol–water partition coefficient (Wildman–Crippen LogP) is 6.28. The molecule has 4 aromatic rings. The Balaban J connectivity index is 1.36. The zero-order chi connectivity index (χ0) is 29.5. The number of halogens is 1. The average molecular weight is 566 g/mol. The van der Waals surface area contributed by atoms with E-state index in [-0.39, 0.29) is 36.5 Å². The second kappa shape index (κ2) is 13.4. The maximum absolute atomic E-state index is 13.9. The lowest BCUT2D eigenvalue weighted by Gasteiger charge is -2.32. The molecule has 0 radical (unpaired) electrons. The average Bonchev–Trinajstić information content (AvgIpc) is 3.28. The number of carbonyl (C=O) groups is 3. The van der Waals surface area contributed by atoms with E-state index in [1.54, 1.807) is 21.9 Å². The fourth-order valence-corrected chi connectivity index (χ4v) is 5.58. The molecule has 1 heterocycles. The van der Waals surface area contributed by atoms with E-state index in [0.29, 0.717) is 31.5 Å². The Kier molecular flexibility index (Phi) is 9.27. The van der Waals surface area contributed by atoms with E-state index in [2.05, 4.69) is 12.2 Å². The Bertz CT molecular complexity index is 1550. The highest BCUT2D eigenvalue weighted by Crippen LogP contribution is 2.37. The SMILES string of the molecule is CCCCNC(=O)C(Cc1ccccc1)N(Cc1ccc(F)cc1)C(=O)CCCN1C(=O)c2cccc3cccc1c23. The molecule has 1 unspecified atom stereocenters. The fraction of sp³-hybridized carbons (Fsp3) is 0.286. The van der Waals surface area contributed by atoms with Crippen LogP contribution in [0.2, 0.25) is 0 Å². The molecule has 0 aromatic heterocycles. The highest BCUT2D eigenvalue weighted by atomic mass is 19.1. The molecule has 0 spiro atoms. The Labute approximate surface area is 246 Å². The zero-order valence-corrected chi connectivity index (χ0v) is 23.9. The predicted molar refractivity (Wildman–Crippen MR) is 164 cm³/mol. The Morgan fingerprint density at radius 1 is 0.881 bits per heavy atom. The first-order valence-electron chi connectivity index (χ1n) is 14.7. The first kappa shape index (κ1) is 29.0. The molecule has 1 N–H and O–H groups in total. The molecule has 7 heteroatoms. The van der Waals surface area contributed by atoms with Gasteiger partial charge in [-0.05, 0) is 53.6 Å². The second-order valence-corrected chi connectivity index (χ2v) is 10.7. The number of benzene rings is 4. The number of anilines is 1. The van der Waals surface area contributed by atoms with Crippen LogP contribution in [0.25, 0.3) is 10.8 Å². The van der Waals surface area contributed by atoms with Gasteiger partial charge in [-0.1, -0.05) is 80.1 Å². The lowest BCUT2D eigenvalue weighted by molar-refractivity contribution is -0.141. The maximum atomic E-state index is 13.9. The lowest BCUT2D eigenvalue weighted by Crippen LogP contribution is -2.50. The van der Waals surface area contributed by atoms with Gasteiger partial charge in [0.1, 0.15) is 11.9 Å². The summed E-state index contributed by atoms with van der Waals surface area (Å²) in [6.07, 6.45) is 2.73. The smallest absolute Gasteiger partial charge is 0.258 e. The van der Waals surface area contributed by atoms with Crippen LogP contribution in [0.4, 0.5) is 10.1 Å². The quantitative estimate of drug-likeness (QED) is 0.194. The third-order valence-electron chi connectivity index (χ3n) is 7.79. The third-order valence-corrected chi connectivity index (χ3v) is 7.79. The molecule has 42 heavy (non-hydrogen) atoms. The highest BCUT2D eigenvalue weighted by Gasteiger charge is 2.32. The summed E-state index contributed by atoms with van der Waals surface area (Å²) in [6.45, 7) is 3.14. The Morgan fingerprint density at radius 3 is 2.36 bits per heavy atom. The van der Waals surface area contributed by atoms with Crippen LogP contribution in [0.5, 0.6) is 0 Å². The van der Waals surface area contributed by atoms with Crippen LogP contribution in [-0.2, 0) is 22.6 Å². The zero-order valence-electron chi connectivity index (χ0n) is 23.9. The topological polar surface area (TPSA) is 69.7 Å². The number of unbranched alkanes of at least 4 members (excludes halogenated alkanes) is 1. The van der Waals surface area contributed by atoms with E-state index in [0.717, 1.165) is 40.4 Å². The normalized spacial score (nSPS) is 12.9. The summed E-state index contributed by atoms with van der Waals surface area (Å²) >= 11 is 0. The van der Waals surface area contributed by atoms with Crippen LogP contribution in [0.1, 0.15) is 54.1 Å². The summed E-state index contributed by atoms with van der Waals surface area (Å²) in [6, 6.07) is 26.5. The highest BCUT2D eigenvalue weighted by molar-refractivity contribution is 6.25. The summed E-state index contributed by atoms with van der Waals surface area (Å²) in [5.41, 5.74) is 3.22. The molecular weight excluding hydrogens is 529 g/mol. The second-order valence-electron chi connectivity index (χ2n) is 10.7. The van der Waals surface area contributed by atoms with Crippen LogP contribution < -0.4 is 10.2 Å². The first-order valence-corrected chi connectivity index (χ1v) is 14.7. The molecule has 6 nitrogen and oxygen atoms in total. The first-order chi connectivity index (χ1) is 20.5. The van der Waals surface area contributed by atoms with Crippen molar-refractivity contribution in [2.45, 2.75) is 51.6 Å². The minimum absolute atomic E-state index is 0.0605. The van der Waals surface area contributed by atoms with Crippen molar-refractivity contribution in [1.82, 2.24) is 10.2 Å². The summed E-state index contributed by atoms with van der Waals surface area (Å²) < 4.78 is 13.7. The van der Waals surface area contributed by atoms with Gasteiger partial charge in [0.05, 0.1) is 5.69 Å². The van der Waals surface area contributed by atoms with Crippen LogP contribution in [0, 0.1) is 5.82 Å². The largest absolute Gasteiger partial charge is 0.354 e. The fourth-order valence-electron chi connectivity index (χ4n) is 5.58. The Hall–Kier alpha value is -4.52. The maximum Gasteiger partial charge on any atom is 0.258 e. The number of hydrogen-bond donors (Lipinski definition) is 1. The van der Waals surface area contributed by atoms with Crippen molar-refractivity contribution in [3.05, 3.63) is 114 Å². The van der Waals surface area contributed by atoms with Crippen molar-refractivity contribution in [3.63, 3.8) is 0 Å². The van der Waals surface area contributed by atoms with E-state index >= 15 is 0 Å². The summed E-state index contributed by atoms with van der Waals surface area (Å²) in [4.78, 5) is 44.1. The van der Waals surface area contributed by atoms with E-state index < -0.39 is 6.04 Å². The van der Waals surface area contributed by atoms with Gasteiger partial charge in [-0.3, -0.25) is 14.4 Å². The van der Waals surface area contributed by atoms with Crippen LogP contribution in [0.15, 0.2) is 91.0 Å². The third kappa shape index (κ3) is 6.51. The minimum Gasteiger partial charge on any atom is -0.354 e. The summed E-state index contributed by atoms with van der Waals surface area (Å²) in [5.74, 6) is -0.816. The molecule has 0 aliphatic carbocycles. The van der Waals surface area contributed by atoms with Crippen LogP contribution in [-0.4, -0.2) is 41.8 Å². The van der Waals surface area contributed by atoms with E-state index in [1.165, 1.54) is 12.1 Å². The number of nitrogens with zero attached hydrogens (tertiary/aromatic N) is 2. The minimum atomic E-state index is -0.742. The molecule has 5 rings (SSSR count). The number of carbonyl (C=O) groups excluding carboxylic acids is 3. The van der Waals surface area contributed by atoms with Gasteiger partial charge in [-0.25, -0.2) is 4.39 Å². The molecule has 0 fully saturated rings. The van der Waals surface area contributed by atoms with Crippen molar-refractivity contribution in [3.8, 4) is 0 Å². The summed E-state index contributed by atoms with van der Waals surface area (Å²) in [5, 5.41) is 4.98. The van der Waals surface area contributed by atoms with Gasteiger partial charge in [0.15, 0.2) is 0 Å². The van der Waals surface area contributed by atoms with Gasteiger partial charge in [0.2, 0.25) is 11.8 Å². The molecule has 216 valence electrons. The molecule has 3 amide bonds. The lowest BCUT2D eigenvalue weighted by atomic mass is 10.0. The molecule has 4 aromatic carbocycles. The van der Waals surface area contributed by atoms with Gasteiger partial charge in [0.25, 0.3) is 5.91 Å². The molecule has 0 bridgehead atoms. The van der Waals surface area contributed by atoms with Crippen LogP contribution in [0.3, 0.4) is 0 Å².